The molecule has 2 nitrogen and oxygen atoms in total. The zero-order valence-electron chi connectivity index (χ0n) is 10.4. The van der Waals surface area contributed by atoms with E-state index in [-0.39, 0.29) is 5.69 Å². The molecule has 0 atom stereocenters. The quantitative estimate of drug-likeness (QED) is 0.781. The standard InChI is InChI=1S/C12H8ClF6NO/c1-6(21)20-8-4-2-7(3-5-8)9(13)10(11(14,15)16)12(17,18)19/h2-5H,1H3,(H,20,21). The number of benzene rings is 1. The molecule has 116 valence electrons. The van der Waals surface area contributed by atoms with Crippen molar-refractivity contribution in [3.05, 3.63) is 35.4 Å². The molecule has 0 bridgehead atoms. The van der Waals surface area contributed by atoms with Gasteiger partial charge < -0.3 is 5.32 Å². The number of allylic oxidation sites excluding steroid dienone is 1. The van der Waals surface area contributed by atoms with E-state index in [1.165, 1.54) is 6.92 Å². The van der Waals surface area contributed by atoms with Gasteiger partial charge in [0, 0.05) is 12.6 Å². The van der Waals surface area contributed by atoms with Gasteiger partial charge in [-0.2, -0.15) is 26.3 Å². The molecule has 1 aromatic carbocycles. The van der Waals surface area contributed by atoms with E-state index in [1.807, 2.05) is 0 Å². The van der Waals surface area contributed by atoms with Crippen LogP contribution in [0.4, 0.5) is 32.0 Å². The summed E-state index contributed by atoms with van der Waals surface area (Å²) in [5.74, 6) is -0.435. The summed E-state index contributed by atoms with van der Waals surface area (Å²) >= 11 is 5.25. The summed E-state index contributed by atoms with van der Waals surface area (Å²) in [4.78, 5) is 10.8. The van der Waals surface area contributed by atoms with Crippen LogP contribution >= 0.6 is 11.6 Å². The average molecular weight is 332 g/mol. The van der Waals surface area contributed by atoms with Crippen LogP contribution in [0.2, 0.25) is 0 Å². The first-order valence-electron chi connectivity index (χ1n) is 5.35. The molecule has 1 amide bonds. The second-order valence-corrected chi connectivity index (χ2v) is 4.32. The van der Waals surface area contributed by atoms with Gasteiger partial charge in [-0.1, -0.05) is 23.7 Å². The van der Waals surface area contributed by atoms with Crippen LogP contribution < -0.4 is 5.32 Å². The fourth-order valence-corrected chi connectivity index (χ4v) is 1.80. The summed E-state index contributed by atoms with van der Waals surface area (Å²) < 4.78 is 74.9. The van der Waals surface area contributed by atoms with Crippen molar-refractivity contribution in [2.24, 2.45) is 0 Å². The van der Waals surface area contributed by atoms with Crippen LogP contribution in [0.1, 0.15) is 12.5 Å². The predicted molar refractivity (Wildman–Crippen MR) is 65.6 cm³/mol. The van der Waals surface area contributed by atoms with Gasteiger partial charge in [-0.15, -0.1) is 0 Å². The molecule has 0 heterocycles. The van der Waals surface area contributed by atoms with Gasteiger partial charge in [0.15, 0.2) is 5.57 Å². The van der Waals surface area contributed by atoms with Crippen LogP contribution in [-0.4, -0.2) is 18.3 Å². The number of hydrogen-bond donors (Lipinski definition) is 1. The summed E-state index contributed by atoms with van der Waals surface area (Å²) in [5, 5.41) is 0.864. The number of alkyl halides is 6. The first kappa shape index (κ1) is 17.4. The molecule has 21 heavy (non-hydrogen) atoms. The molecule has 1 aromatic rings. The first-order valence-corrected chi connectivity index (χ1v) is 5.73. The Bertz CT molecular complexity index is 543. The van der Waals surface area contributed by atoms with E-state index in [0.29, 0.717) is 0 Å². The minimum atomic E-state index is -5.63. The highest BCUT2D eigenvalue weighted by molar-refractivity contribution is 6.49. The first-order chi connectivity index (χ1) is 9.43. The molecular formula is C12H8ClF6NO. The van der Waals surface area contributed by atoms with Crippen molar-refractivity contribution >= 4 is 28.2 Å². The topological polar surface area (TPSA) is 29.1 Å². The molecule has 0 fully saturated rings. The van der Waals surface area contributed by atoms with Gasteiger partial charge in [-0.3, -0.25) is 4.79 Å². The molecule has 0 aliphatic carbocycles. The Kier molecular flexibility index (Phi) is 4.93. The van der Waals surface area contributed by atoms with Crippen molar-refractivity contribution in [3.63, 3.8) is 0 Å². The molecule has 0 aliphatic rings. The average Bonchev–Trinajstić information content (AvgIpc) is 2.24. The molecule has 1 rings (SSSR count). The Hall–Kier alpha value is -1.70. The normalized spacial score (nSPS) is 12.0. The van der Waals surface area contributed by atoms with Gasteiger partial charge in [0.2, 0.25) is 5.91 Å². The lowest BCUT2D eigenvalue weighted by molar-refractivity contribution is -0.170. The summed E-state index contributed by atoms with van der Waals surface area (Å²) in [7, 11) is 0. The minimum Gasteiger partial charge on any atom is -0.326 e. The van der Waals surface area contributed by atoms with Crippen LogP contribution in [0.25, 0.3) is 5.03 Å². The number of rotatable bonds is 2. The summed E-state index contributed by atoms with van der Waals surface area (Å²) in [5.41, 5.74) is -3.02. The Labute approximate surface area is 120 Å². The molecule has 0 radical (unpaired) electrons. The van der Waals surface area contributed by atoms with E-state index in [0.717, 1.165) is 24.3 Å². The van der Waals surface area contributed by atoms with Crippen LogP contribution in [-0.2, 0) is 4.79 Å². The number of amides is 1. The van der Waals surface area contributed by atoms with Crippen molar-refractivity contribution in [2.45, 2.75) is 19.3 Å². The van der Waals surface area contributed by atoms with Gasteiger partial charge in [-0.25, -0.2) is 0 Å². The zero-order chi connectivity index (χ0) is 16.4. The third-order valence-electron chi connectivity index (χ3n) is 2.25. The Morgan fingerprint density at radius 3 is 1.76 bits per heavy atom. The predicted octanol–water partition coefficient (Wildman–Crippen LogP) is 4.72. The van der Waals surface area contributed by atoms with E-state index < -0.39 is 34.4 Å². The SMILES string of the molecule is CC(=O)Nc1ccc(C(Cl)=C(C(F)(F)F)C(F)(F)F)cc1. The van der Waals surface area contributed by atoms with Crippen molar-refractivity contribution in [1.82, 2.24) is 0 Å². The van der Waals surface area contributed by atoms with E-state index in [9.17, 15) is 31.1 Å². The molecule has 9 heteroatoms. The number of nitrogens with one attached hydrogen (secondary N) is 1. The number of hydrogen-bond acceptors (Lipinski definition) is 1. The van der Waals surface area contributed by atoms with Gasteiger partial charge in [-0.05, 0) is 17.7 Å². The lowest BCUT2D eigenvalue weighted by Crippen LogP contribution is -2.27. The molecule has 0 saturated carbocycles. The zero-order valence-corrected chi connectivity index (χ0v) is 11.1. The van der Waals surface area contributed by atoms with Gasteiger partial charge in [0.1, 0.15) is 0 Å². The molecule has 0 aliphatic heterocycles. The monoisotopic (exact) mass is 331 g/mol. The minimum absolute atomic E-state index is 0.219. The highest BCUT2D eigenvalue weighted by Gasteiger charge is 2.53. The Balaban J connectivity index is 3.28. The van der Waals surface area contributed by atoms with Crippen LogP contribution in [0.3, 0.4) is 0 Å². The number of carbonyl (C=O) groups is 1. The Morgan fingerprint density at radius 2 is 1.43 bits per heavy atom. The molecule has 0 saturated heterocycles. The molecule has 0 spiro atoms. The van der Waals surface area contributed by atoms with Gasteiger partial charge in [0.25, 0.3) is 0 Å². The molecule has 0 unspecified atom stereocenters. The Morgan fingerprint density at radius 1 is 1.00 bits per heavy atom. The third-order valence-corrected chi connectivity index (χ3v) is 2.65. The molecule has 0 aromatic heterocycles. The van der Waals surface area contributed by atoms with Gasteiger partial charge >= 0.3 is 12.4 Å². The third kappa shape index (κ3) is 4.66. The maximum atomic E-state index is 12.5. The van der Waals surface area contributed by atoms with Crippen molar-refractivity contribution < 1.29 is 31.1 Å². The fraction of sp³-hybridized carbons (Fsp3) is 0.250. The van der Waals surface area contributed by atoms with Crippen molar-refractivity contribution in [1.29, 1.82) is 0 Å². The molecule has 1 N–H and O–H groups in total. The van der Waals surface area contributed by atoms with E-state index >= 15 is 0 Å². The highest BCUT2D eigenvalue weighted by Crippen LogP contribution is 2.44. The fourth-order valence-electron chi connectivity index (χ4n) is 1.46. The van der Waals surface area contributed by atoms with Gasteiger partial charge in [0.05, 0.1) is 5.03 Å². The lowest BCUT2D eigenvalue weighted by Gasteiger charge is -2.17. The second kappa shape index (κ2) is 5.97. The molecular weight excluding hydrogens is 324 g/mol. The van der Waals surface area contributed by atoms with E-state index in [1.54, 1.807) is 0 Å². The summed E-state index contributed by atoms with van der Waals surface area (Å²) in [6, 6.07) is 4.18. The van der Waals surface area contributed by atoms with Crippen LogP contribution in [0.5, 0.6) is 0 Å². The largest absolute Gasteiger partial charge is 0.422 e. The van der Waals surface area contributed by atoms with Crippen molar-refractivity contribution in [3.8, 4) is 0 Å². The van der Waals surface area contributed by atoms with Crippen molar-refractivity contribution in [2.75, 3.05) is 5.32 Å². The smallest absolute Gasteiger partial charge is 0.326 e. The second-order valence-electron chi connectivity index (χ2n) is 3.94. The summed E-state index contributed by atoms with van der Waals surface area (Å²) in [6.07, 6.45) is -11.3. The van der Waals surface area contributed by atoms with E-state index in [2.05, 4.69) is 5.32 Å². The maximum Gasteiger partial charge on any atom is 0.422 e. The van der Waals surface area contributed by atoms with E-state index in [4.69, 9.17) is 11.6 Å². The van der Waals surface area contributed by atoms with Crippen LogP contribution in [0.15, 0.2) is 29.8 Å². The summed E-state index contributed by atoms with van der Waals surface area (Å²) in [6.45, 7) is 1.20. The van der Waals surface area contributed by atoms with Crippen LogP contribution in [0, 0.1) is 0 Å². The number of halogens is 7. The highest BCUT2D eigenvalue weighted by atomic mass is 35.5. The number of carbonyl (C=O) groups excluding carboxylic acids is 1. The lowest BCUT2D eigenvalue weighted by atomic mass is 10.1. The number of anilines is 1. The maximum absolute atomic E-state index is 12.5.